The predicted octanol–water partition coefficient (Wildman–Crippen LogP) is 11.7. The summed E-state index contributed by atoms with van der Waals surface area (Å²) in [5, 5.41) is 9.52. The number of rotatable bonds is 35. The van der Waals surface area contributed by atoms with Gasteiger partial charge < -0.3 is 14.6 Å². The highest BCUT2D eigenvalue weighted by Gasteiger charge is 2.16. The molecule has 5 heteroatoms. The van der Waals surface area contributed by atoms with E-state index in [1.807, 2.05) is 0 Å². The van der Waals surface area contributed by atoms with Crippen molar-refractivity contribution < 1.29 is 24.2 Å². The van der Waals surface area contributed by atoms with Crippen LogP contribution in [0.3, 0.4) is 0 Å². The van der Waals surface area contributed by atoms with Gasteiger partial charge in [0.05, 0.1) is 6.61 Å². The molecule has 0 radical (unpaired) electrons. The third kappa shape index (κ3) is 33.5. The molecule has 0 aliphatic heterocycles. The fraction of sp³-hybridized carbons (Fsp3) is 0.897. The maximum absolute atomic E-state index is 12.1. The van der Waals surface area contributed by atoms with Crippen molar-refractivity contribution in [2.45, 2.75) is 213 Å². The van der Waals surface area contributed by atoms with E-state index in [1.54, 1.807) is 0 Å². The third-order valence-electron chi connectivity index (χ3n) is 8.56. The van der Waals surface area contributed by atoms with E-state index in [4.69, 9.17) is 9.47 Å². The maximum atomic E-state index is 12.1. The van der Waals surface area contributed by atoms with Crippen molar-refractivity contribution in [2.75, 3.05) is 13.2 Å². The van der Waals surface area contributed by atoms with E-state index in [9.17, 15) is 14.7 Å². The summed E-state index contributed by atoms with van der Waals surface area (Å²) in [6.07, 6.45) is 39.9. The second kappa shape index (κ2) is 36.1. The van der Waals surface area contributed by atoms with Crippen LogP contribution in [0.15, 0.2) is 12.2 Å². The average molecular weight is 623 g/mol. The average Bonchev–Trinajstić information content (AvgIpc) is 3.02. The molecule has 0 amide bonds. The Labute approximate surface area is 273 Å². The van der Waals surface area contributed by atoms with Gasteiger partial charge in [0.2, 0.25) is 0 Å². The first-order valence-corrected chi connectivity index (χ1v) is 19.2. The molecule has 0 saturated heterocycles. The van der Waals surface area contributed by atoms with Gasteiger partial charge in [-0.2, -0.15) is 0 Å². The van der Waals surface area contributed by atoms with E-state index >= 15 is 0 Å². The van der Waals surface area contributed by atoms with Gasteiger partial charge in [-0.05, 0) is 38.5 Å². The molecule has 1 N–H and O–H groups in total. The predicted molar refractivity (Wildman–Crippen MR) is 187 cm³/mol. The number of aliphatic hydroxyl groups is 1. The van der Waals surface area contributed by atoms with E-state index in [0.717, 1.165) is 38.5 Å². The molecule has 0 fully saturated rings. The molecule has 0 aromatic carbocycles. The number of carbonyl (C=O) groups is 2. The van der Waals surface area contributed by atoms with Crippen LogP contribution in [0.1, 0.15) is 206 Å². The monoisotopic (exact) mass is 623 g/mol. The largest absolute Gasteiger partial charge is 0.462 e. The molecule has 0 aromatic heterocycles. The summed E-state index contributed by atoms with van der Waals surface area (Å²) < 4.78 is 10.6. The highest BCUT2D eigenvalue weighted by atomic mass is 16.6. The van der Waals surface area contributed by atoms with Gasteiger partial charge in [0.25, 0.3) is 0 Å². The molecule has 1 unspecified atom stereocenters. The van der Waals surface area contributed by atoms with Crippen molar-refractivity contribution in [1.82, 2.24) is 0 Å². The van der Waals surface area contributed by atoms with E-state index in [1.165, 1.54) is 141 Å². The lowest BCUT2D eigenvalue weighted by Crippen LogP contribution is -2.28. The summed E-state index contributed by atoms with van der Waals surface area (Å²) in [5.74, 6) is -0.586. The van der Waals surface area contributed by atoms with E-state index in [-0.39, 0.29) is 25.2 Å². The maximum Gasteiger partial charge on any atom is 0.306 e. The van der Waals surface area contributed by atoms with Gasteiger partial charge in [0.15, 0.2) is 6.10 Å². The zero-order chi connectivity index (χ0) is 32.2. The molecule has 0 aliphatic carbocycles. The summed E-state index contributed by atoms with van der Waals surface area (Å²) in [5.41, 5.74) is 0. The van der Waals surface area contributed by atoms with Crippen LogP contribution in [0, 0.1) is 0 Å². The van der Waals surface area contributed by atoms with Crippen molar-refractivity contribution in [3.8, 4) is 0 Å². The fourth-order valence-corrected chi connectivity index (χ4v) is 5.61. The number of aliphatic hydroxyl groups excluding tert-OH is 1. The minimum absolute atomic E-state index is 0.0613. The SMILES string of the molecule is CCCCCCCCC=CCCCCCCCCCCCC(=O)OCC(CO)OC(=O)CCCCCCCCCCCCC. The Morgan fingerprint density at radius 1 is 0.500 bits per heavy atom. The standard InChI is InChI=1S/C39H74O5/c1-3-5-7-9-11-13-15-16-17-18-19-20-21-22-24-25-27-29-31-33-38(41)43-36-37(35-40)44-39(42)34-32-30-28-26-23-14-12-10-8-6-4-2/h16-17,37,40H,3-15,18-36H2,1-2H3. The molecule has 0 bridgehead atoms. The summed E-state index contributed by atoms with van der Waals surface area (Å²) in [6.45, 7) is 4.13. The number of carbonyl (C=O) groups excluding carboxylic acids is 2. The number of ether oxygens (including phenoxy) is 2. The summed E-state index contributed by atoms with van der Waals surface area (Å²) in [7, 11) is 0. The number of esters is 2. The second-order valence-electron chi connectivity index (χ2n) is 13.0. The van der Waals surface area contributed by atoms with Crippen molar-refractivity contribution in [3.63, 3.8) is 0 Å². The van der Waals surface area contributed by atoms with E-state index < -0.39 is 6.10 Å². The minimum atomic E-state index is -0.764. The summed E-state index contributed by atoms with van der Waals surface area (Å²) in [6, 6.07) is 0. The van der Waals surface area contributed by atoms with Crippen LogP contribution in [-0.4, -0.2) is 36.4 Å². The molecule has 0 rings (SSSR count). The number of allylic oxidation sites excluding steroid dienone is 2. The van der Waals surface area contributed by atoms with Gasteiger partial charge in [0.1, 0.15) is 6.61 Å². The number of hydrogen-bond acceptors (Lipinski definition) is 5. The summed E-state index contributed by atoms with van der Waals surface area (Å²) >= 11 is 0. The Morgan fingerprint density at radius 3 is 1.23 bits per heavy atom. The van der Waals surface area contributed by atoms with Crippen LogP contribution in [0.4, 0.5) is 0 Å². The van der Waals surface area contributed by atoms with Gasteiger partial charge in [0, 0.05) is 12.8 Å². The Balaban J connectivity index is 3.50. The molecular weight excluding hydrogens is 548 g/mol. The fourth-order valence-electron chi connectivity index (χ4n) is 5.61. The quantitative estimate of drug-likeness (QED) is 0.0432. The Kier molecular flexibility index (Phi) is 35.0. The van der Waals surface area contributed by atoms with Crippen LogP contribution >= 0.6 is 0 Å². The molecule has 0 spiro atoms. The third-order valence-corrected chi connectivity index (χ3v) is 8.56. The van der Waals surface area contributed by atoms with Crippen molar-refractivity contribution >= 4 is 11.9 Å². The second-order valence-corrected chi connectivity index (χ2v) is 13.0. The molecular formula is C39H74O5. The Morgan fingerprint density at radius 2 is 0.841 bits per heavy atom. The molecule has 44 heavy (non-hydrogen) atoms. The van der Waals surface area contributed by atoms with E-state index in [2.05, 4.69) is 26.0 Å². The van der Waals surface area contributed by atoms with Gasteiger partial charge in [-0.3, -0.25) is 9.59 Å². The van der Waals surface area contributed by atoms with Gasteiger partial charge in [-0.25, -0.2) is 0 Å². The van der Waals surface area contributed by atoms with Crippen LogP contribution in [0.2, 0.25) is 0 Å². The minimum Gasteiger partial charge on any atom is -0.462 e. The highest BCUT2D eigenvalue weighted by Crippen LogP contribution is 2.14. The molecule has 0 aliphatic rings. The molecule has 5 nitrogen and oxygen atoms in total. The first kappa shape index (κ1) is 42.6. The smallest absolute Gasteiger partial charge is 0.306 e. The zero-order valence-corrected chi connectivity index (χ0v) is 29.4. The molecule has 0 heterocycles. The first-order valence-electron chi connectivity index (χ1n) is 19.2. The van der Waals surface area contributed by atoms with Crippen molar-refractivity contribution in [2.24, 2.45) is 0 Å². The lowest BCUT2D eigenvalue weighted by Gasteiger charge is -2.15. The number of unbranched alkanes of at least 4 members (excludes halogenated alkanes) is 25. The van der Waals surface area contributed by atoms with Gasteiger partial charge >= 0.3 is 11.9 Å². The van der Waals surface area contributed by atoms with Crippen LogP contribution in [-0.2, 0) is 19.1 Å². The molecule has 1 atom stereocenters. The normalized spacial score (nSPS) is 12.2. The topological polar surface area (TPSA) is 72.8 Å². The van der Waals surface area contributed by atoms with Crippen molar-refractivity contribution in [1.29, 1.82) is 0 Å². The number of hydrogen-bond donors (Lipinski definition) is 1. The molecule has 0 saturated carbocycles. The Hall–Kier alpha value is -1.36. The van der Waals surface area contributed by atoms with Gasteiger partial charge in [-0.15, -0.1) is 0 Å². The lowest BCUT2D eigenvalue weighted by atomic mass is 10.1. The molecule has 0 aromatic rings. The molecule has 260 valence electrons. The van der Waals surface area contributed by atoms with Crippen molar-refractivity contribution in [3.05, 3.63) is 12.2 Å². The van der Waals surface area contributed by atoms with E-state index in [0.29, 0.717) is 12.8 Å². The van der Waals surface area contributed by atoms with Crippen LogP contribution in [0.25, 0.3) is 0 Å². The van der Waals surface area contributed by atoms with Gasteiger partial charge in [-0.1, -0.05) is 167 Å². The highest BCUT2D eigenvalue weighted by molar-refractivity contribution is 5.70. The van der Waals surface area contributed by atoms with Crippen LogP contribution in [0.5, 0.6) is 0 Å². The first-order chi connectivity index (χ1) is 21.6. The van der Waals surface area contributed by atoms with Crippen LogP contribution < -0.4 is 0 Å². The zero-order valence-electron chi connectivity index (χ0n) is 29.4. The Bertz CT molecular complexity index is 632. The lowest BCUT2D eigenvalue weighted by molar-refractivity contribution is -0.161. The summed E-state index contributed by atoms with van der Waals surface area (Å²) in [4.78, 5) is 24.2.